The van der Waals surface area contributed by atoms with Gasteiger partial charge in [-0.15, -0.1) is 0 Å². The van der Waals surface area contributed by atoms with Crippen molar-refractivity contribution in [2.24, 2.45) is 0 Å². The maximum atomic E-state index is 13.3. The summed E-state index contributed by atoms with van der Waals surface area (Å²) in [7, 11) is 0. The van der Waals surface area contributed by atoms with Gasteiger partial charge in [0.05, 0.1) is 6.20 Å². The van der Waals surface area contributed by atoms with E-state index < -0.39 is 0 Å². The van der Waals surface area contributed by atoms with E-state index in [1.54, 1.807) is 6.07 Å². The lowest BCUT2D eigenvalue weighted by atomic mass is 10.2. The third-order valence-corrected chi connectivity index (χ3v) is 3.90. The zero-order chi connectivity index (χ0) is 12.8. The Hall–Kier alpha value is -0.810. The molecule has 0 amide bonds. The molecule has 100 valence electrons. The maximum absolute atomic E-state index is 13.3. The summed E-state index contributed by atoms with van der Waals surface area (Å²) >= 11 is 1.96. The fraction of sp³-hybridized carbons (Fsp3) is 0.615. The Kier molecular flexibility index (Phi) is 5.26. The first-order valence-corrected chi connectivity index (χ1v) is 7.64. The average Bonchev–Trinajstić information content (AvgIpc) is 2.40. The minimum Gasteiger partial charge on any atom is -0.355 e. The SMILES string of the molecule is CCCNCc1cc(F)cnc1N1CCSCC1. The highest BCUT2D eigenvalue weighted by Gasteiger charge is 2.16. The Morgan fingerprint density at radius 3 is 2.94 bits per heavy atom. The van der Waals surface area contributed by atoms with Crippen LogP contribution in [0.25, 0.3) is 0 Å². The first-order chi connectivity index (χ1) is 8.81. The first-order valence-electron chi connectivity index (χ1n) is 6.49. The third-order valence-electron chi connectivity index (χ3n) is 2.96. The second-order valence-corrected chi connectivity index (χ2v) is 5.64. The monoisotopic (exact) mass is 269 g/mol. The van der Waals surface area contributed by atoms with Crippen molar-refractivity contribution in [2.75, 3.05) is 36.0 Å². The Morgan fingerprint density at radius 1 is 1.44 bits per heavy atom. The van der Waals surface area contributed by atoms with Gasteiger partial charge >= 0.3 is 0 Å². The number of nitrogens with one attached hydrogen (secondary N) is 1. The standard InChI is InChI=1S/C13H20FN3S/c1-2-3-15-9-11-8-12(14)10-16-13(11)17-4-6-18-7-5-17/h8,10,15H,2-7,9H2,1H3. The molecule has 0 unspecified atom stereocenters. The minimum absolute atomic E-state index is 0.251. The number of hydrogen-bond acceptors (Lipinski definition) is 4. The largest absolute Gasteiger partial charge is 0.355 e. The van der Waals surface area contributed by atoms with Crippen LogP contribution < -0.4 is 10.2 Å². The number of halogens is 1. The van der Waals surface area contributed by atoms with Gasteiger partial charge in [0.2, 0.25) is 0 Å². The summed E-state index contributed by atoms with van der Waals surface area (Å²) in [6, 6.07) is 1.60. The molecular weight excluding hydrogens is 249 g/mol. The van der Waals surface area contributed by atoms with Crippen LogP contribution in [-0.2, 0) is 6.54 Å². The van der Waals surface area contributed by atoms with Crippen LogP contribution in [0.1, 0.15) is 18.9 Å². The van der Waals surface area contributed by atoms with Gasteiger partial charge in [-0.25, -0.2) is 9.37 Å². The van der Waals surface area contributed by atoms with E-state index in [0.717, 1.165) is 48.9 Å². The minimum atomic E-state index is -0.251. The van der Waals surface area contributed by atoms with Crippen LogP contribution in [0, 0.1) is 5.82 Å². The molecule has 5 heteroatoms. The molecule has 1 N–H and O–H groups in total. The lowest BCUT2D eigenvalue weighted by Crippen LogP contribution is -2.34. The van der Waals surface area contributed by atoms with Crippen molar-refractivity contribution in [1.29, 1.82) is 0 Å². The molecule has 0 radical (unpaired) electrons. The molecule has 1 aliphatic rings. The molecule has 1 aliphatic heterocycles. The zero-order valence-electron chi connectivity index (χ0n) is 10.8. The quantitative estimate of drug-likeness (QED) is 0.830. The fourth-order valence-electron chi connectivity index (χ4n) is 2.06. The average molecular weight is 269 g/mol. The van der Waals surface area contributed by atoms with E-state index in [0.29, 0.717) is 6.54 Å². The van der Waals surface area contributed by atoms with E-state index in [1.165, 1.54) is 6.20 Å². The van der Waals surface area contributed by atoms with Crippen molar-refractivity contribution < 1.29 is 4.39 Å². The molecule has 1 fully saturated rings. The topological polar surface area (TPSA) is 28.2 Å². The Labute approximate surface area is 112 Å². The Bertz CT molecular complexity index is 380. The van der Waals surface area contributed by atoms with Crippen molar-refractivity contribution in [2.45, 2.75) is 19.9 Å². The summed E-state index contributed by atoms with van der Waals surface area (Å²) in [4.78, 5) is 6.55. The number of pyridine rings is 1. The van der Waals surface area contributed by atoms with Gasteiger partial charge in [-0.05, 0) is 19.0 Å². The highest BCUT2D eigenvalue weighted by molar-refractivity contribution is 7.99. The third kappa shape index (κ3) is 3.59. The van der Waals surface area contributed by atoms with Gasteiger partial charge < -0.3 is 10.2 Å². The van der Waals surface area contributed by atoms with E-state index >= 15 is 0 Å². The highest BCUT2D eigenvalue weighted by Crippen LogP contribution is 2.22. The van der Waals surface area contributed by atoms with E-state index in [2.05, 4.69) is 22.1 Å². The van der Waals surface area contributed by atoms with Gasteiger partial charge in [0.25, 0.3) is 0 Å². The summed E-state index contributed by atoms with van der Waals surface area (Å²) in [5.41, 5.74) is 0.968. The van der Waals surface area contributed by atoms with E-state index in [-0.39, 0.29) is 5.82 Å². The van der Waals surface area contributed by atoms with Crippen molar-refractivity contribution >= 4 is 17.6 Å². The zero-order valence-corrected chi connectivity index (χ0v) is 11.6. The van der Waals surface area contributed by atoms with E-state index in [9.17, 15) is 4.39 Å². The van der Waals surface area contributed by atoms with Crippen LogP contribution in [0.15, 0.2) is 12.3 Å². The van der Waals surface area contributed by atoms with Crippen LogP contribution in [0.5, 0.6) is 0 Å². The number of aromatic nitrogens is 1. The van der Waals surface area contributed by atoms with Gasteiger partial charge in [-0.2, -0.15) is 11.8 Å². The molecule has 18 heavy (non-hydrogen) atoms. The molecule has 2 rings (SSSR count). The lowest BCUT2D eigenvalue weighted by molar-refractivity contribution is 0.609. The summed E-state index contributed by atoms with van der Waals surface area (Å²) in [6.45, 7) is 5.77. The number of hydrogen-bond donors (Lipinski definition) is 1. The van der Waals surface area contributed by atoms with Gasteiger partial charge in [0.15, 0.2) is 0 Å². The number of nitrogens with zero attached hydrogens (tertiary/aromatic N) is 2. The van der Waals surface area contributed by atoms with Crippen LogP contribution in [-0.4, -0.2) is 36.1 Å². The van der Waals surface area contributed by atoms with E-state index in [1.807, 2.05) is 11.8 Å². The predicted molar refractivity (Wildman–Crippen MR) is 75.7 cm³/mol. The lowest BCUT2D eigenvalue weighted by Gasteiger charge is -2.29. The molecule has 0 aromatic carbocycles. The molecular formula is C13H20FN3S. The van der Waals surface area contributed by atoms with Crippen molar-refractivity contribution in [3.8, 4) is 0 Å². The molecule has 1 aromatic heterocycles. The maximum Gasteiger partial charge on any atom is 0.141 e. The fourth-order valence-corrected chi connectivity index (χ4v) is 2.97. The molecule has 0 atom stereocenters. The second-order valence-electron chi connectivity index (χ2n) is 4.41. The molecule has 0 saturated carbocycles. The van der Waals surface area contributed by atoms with E-state index in [4.69, 9.17) is 0 Å². The highest BCUT2D eigenvalue weighted by atomic mass is 32.2. The molecule has 0 aliphatic carbocycles. The number of thioether (sulfide) groups is 1. The van der Waals surface area contributed by atoms with Crippen molar-refractivity contribution in [1.82, 2.24) is 10.3 Å². The van der Waals surface area contributed by atoms with Crippen LogP contribution in [0.4, 0.5) is 10.2 Å². The summed E-state index contributed by atoms with van der Waals surface area (Å²) < 4.78 is 13.3. The van der Waals surface area contributed by atoms with Gasteiger partial charge in [-0.1, -0.05) is 6.92 Å². The van der Waals surface area contributed by atoms with Gasteiger partial charge in [0, 0.05) is 36.7 Å². The Morgan fingerprint density at radius 2 is 2.22 bits per heavy atom. The summed E-state index contributed by atoms with van der Waals surface area (Å²) in [5.74, 6) is 2.95. The molecule has 2 heterocycles. The summed E-state index contributed by atoms with van der Waals surface area (Å²) in [5, 5.41) is 3.32. The Balaban J connectivity index is 2.11. The molecule has 1 saturated heterocycles. The smallest absolute Gasteiger partial charge is 0.141 e. The molecule has 3 nitrogen and oxygen atoms in total. The first kappa shape index (κ1) is 13.6. The van der Waals surface area contributed by atoms with Crippen LogP contribution in [0.2, 0.25) is 0 Å². The second kappa shape index (κ2) is 6.95. The molecule has 0 spiro atoms. The van der Waals surface area contributed by atoms with Crippen LogP contribution >= 0.6 is 11.8 Å². The molecule has 1 aromatic rings. The predicted octanol–water partition coefficient (Wildman–Crippen LogP) is 2.27. The van der Waals surface area contributed by atoms with Crippen molar-refractivity contribution in [3.05, 3.63) is 23.6 Å². The van der Waals surface area contributed by atoms with Gasteiger partial charge in [-0.3, -0.25) is 0 Å². The number of rotatable bonds is 5. The van der Waals surface area contributed by atoms with Crippen LogP contribution in [0.3, 0.4) is 0 Å². The summed E-state index contributed by atoms with van der Waals surface area (Å²) in [6.07, 6.45) is 2.40. The molecule has 0 bridgehead atoms. The van der Waals surface area contributed by atoms with Crippen molar-refractivity contribution in [3.63, 3.8) is 0 Å². The normalized spacial score (nSPS) is 16.0. The van der Waals surface area contributed by atoms with Gasteiger partial charge in [0.1, 0.15) is 11.6 Å². The number of anilines is 1.